The molecule has 3 N–H and O–H groups in total. The van der Waals surface area contributed by atoms with Crippen molar-refractivity contribution in [3.8, 4) is 0 Å². The van der Waals surface area contributed by atoms with Crippen molar-refractivity contribution in [2.45, 2.75) is 12.8 Å². The number of rotatable bonds is 4. The first-order valence-electron chi connectivity index (χ1n) is 7.14. The van der Waals surface area contributed by atoms with Crippen molar-refractivity contribution in [3.63, 3.8) is 0 Å². The lowest BCUT2D eigenvalue weighted by Gasteiger charge is -2.35. The lowest BCUT2D eigenvalue weighted by atomic mass is 9.99. The fourth-order valence-electron chi connectivity index (χ4n) is 2.55. The number of oxime groups is 1. The number of nitrogens with zero attached hydrogens (tertiary/aromatic N) is 3. The van der Waals surface area contributed by atoms with E-state index in [9.17, 15) is 4.79 Å². The van der Waals surface area contributed by atoms with Gasteiger partial charge in [-0.15, -0.1) is 0 Å². The third kappa shape index (κ3) is 3.95. The minimum absolute atomic E-state index is 0.123. The highest BCUT2D eigenvalue weighted by Crippen LogP contribution is 2.18. The van der Waals surface area contributed by atoms with E-state index >= 15 is 0 Å². The van der Waals surface area contributed by atoms with Crippen molar-refractivity contribution in [3.05, 3.63) is 35.9 Å². The highest BCUT2D eigenvalue weighted by atomic mass is 16.4. The van der Waals surface area contributed by atoms with Gasteiger partial charge in [0.1, 0.15) is 0 Å². The molecule has 1 aliphatic rings. The first kappa shape index (κ1) is 15.3. The van der Waals surface area contributed by atoms with Crippen molar-refractivity contribution in [1.82, 2.24) is 9.80 Å². The predicted octanol–water partition coefficient (Wildman–Crippen LogP) is 0.681. The van der Waals surface area contributed by atoms with Gasteiger partial charge in [-0.05, 0) is 12.5 Å². The van der Waals surface area contributed by atoms with Crippen LogP contribution < -0.4 is 5.73 Å². The fourth-order valence-corrected chi connectivity index (χ4v) is 2.55. The molecule has 0 aliphatic carbocycles. The molecule has 21 heavy (non-hydrogen) atoms. The molecule has 1 fully saturated rings. The standard InChI is InChI=1S/C15H22N4O2/c1-12(13-5-3-2-4-6-13)15(20)19-9-7-18(8-10-19)11-14(16)17-21/h2-6,12,21H,7-11H2,1H3,(H2,16,17). The van der Waals surface area contributed by atoms with Crippen LogP contribution in [0.2, 0.25) is 0 Å². The first-order chi connectivity index (χ1) is 10.1. The Bertz CT molecular complexity index is 496. The van der Waals surface area contributed by atoms with Crippen LogP contribution in [-0.2, 0) is 4.79 Å². The highest BCUT2D eigenvalue weighted by Gasteiger charge is 2.25. The Balaban J connectivity index is 1.88. The van der Waals surface area contributed by atoms with Crippen molar-refractivity contribution < 1.29 is 10.0 Å². The minimum Gasteiger partial charge on any atom is -0.409 e. The summed E-state index contributed by atoms with van der Waals surface area (Å²) >= 11 is 0. The molecular weight excluding hydrogens is 268 g/mol. The van der Waals surface area contributed by atoms with Gasteiger partial charge in [-0.1, -0.05) is 35.5 Å². The number of benzene rings is 1. The van der Waals surface area contributed by atoms with Gasteiger partial charge in [0.15, 0.2) is 5.84 Å². The van der Waals surface area contributed by atoms with Gasteiger partial charge in [-0.3, -0.25) is 9.69 Å². The number of hydrogen-bond donors (Lipinski definition) is 2. The molecule has 1 heterocycles. The summed E-state index contributed by atoms with van der Waals surface area (Å²) in [5, 5.41) is 11.6. The molecule has 1 amide bonds. The SMILES string of the molecule is CC(C(=O)N1CCN(C/C(N)=N/O)CC1)c1ccccc1. The van der Waals surface area contributed by atoms with Crippen molar-refractivity contribution in [1.29, 1.82) is 0 Å². The molecule has 0 aromatic heterocycles. The van der Waals surface area contributed by atoms with E-state index in [2.05, 4.69) is 10.1 Å². The Labute approximate surface area is 124 Å². The van der Waals surface area contributed by atoms with Crippen LogP contribution in [0.25, 0.3) is 0 Å². The van der Waals surface area contributed by atoms with Crippen LogP contribution in [0.4, 0.5) is 0 Å². The van der Waals surface area contributed by atoms with Gasteiger partial charge in [-0.25, -0.2) is 0 Å². The largest absolute Gasteiger partial charge is 0.409 e. The zero-order valence-corrected chi connectivity index (χ0v) is 12.3. The molecular formula is C15H22N4O2. The third-order valence-corrected chi connectivity index (χ3v) is 3.87. The Morgan fingerprint density at radius 1 is 1.29 bits per heavy atom. The second kappa shape index (κ2) is 7.08. The molecule has 2 rings (SSSR count). The van der Waals surface area contributed by atoms with Crippen LogP contribution in [0.3, 0.4) is 0 Å². The molecule has 114 valence electrons. The zero-order valence-electron chi connectivity index (χ0n) is 12.3. The fraction of sp³-hybridized carbons (Fsp3) is 0.467. The topological polar surface area (TPSA) is 82.2 Å². The Hall–Kier alpha value is -2.08. The van der Waals surface area contributed by atoms with E-state index in [4.69, 9.17) is 10.9 Å². The molecule has 6 nitrogen and oxygen atoms in total. The third-order valence-electron chi connectivity index (χ3n) is 3.87. The number of carbonyl (C=O) groups excluding carboxylic acids is 1. The number of amides is 1. The van der Waals surface area contributed by atoms with E-state index in [1.165, 1.54) is 0 Å². The Kier molecular flexibility index (Phi) is 5.16. The maximum absolute atomic E-state index is 12.5. The van der Waals surface area contributed by atoms with E-state index in [1.807, 2.05) is 42.2 Å². The molecule has 0 radical (unpaired) electrons. The van der Waals surface area contributed by atoms with Gasteiger partial charge in [0, 0.05) is 26.2 Å². The average molecular weight is 290 g/mol. The van der Waals surface area contributed by atoms with Gasteiger partial charge in [-0.2, -0.15) is 0 Å². The van der Waals surface area contributed by atoms with E-state index in [0.29, 0.717) is 19.6 Å². The van der Waals surface area contributed by atoms with Crippen LogP contribution in [0.15, 0.2) is 35.5 Å². The van der Waals surface area contributed by atoms with Crippen LogP contribution in [-0.4, -0.2) is 59.5 Å². The molecule has 0 spiro atoms. The second-order valence-corrected chi connectivity index (χ2v) is 5.33. The summed E-state index contributed by atoms with van der Waals surface area (Å²) in [4.78, 5) is 16.5. The zero-order chi connectivity index (χ0) is 15.2. The van der Waals surface area contributed by atoms with E-state index in [0.717, 1.165) is 18.7 Å². The van der Waals surface area contributed by atoms with Crippen LogP contribution in [0, 0.1) is 0 Å². The second-order valence-electron chi connectivity index (χ2n) is 5.33. The average Bonchev–Trinajstić information content (AvgIpc) is 2.55. The van der Waals surface area contributed by atoms with Gasteiger partial charge in [0.05, 0.1) is 12.5 Å². The lowest BCUT2D eigenvalue weighted by molar-refractivity contribution is -0.134. The van der Waals surface area contributed by atoms with Gasteiger partial charge < -0.3 is 15.8 Å². The molecule has 1 aromatic rings. The molecule has 1 unspecified atom stereocenters. The van der Waals surface area contributed by atoms with E-state index < -0.39 is 0 Å². The normalized spacial score (nSPS) is 18.5. The molecule has 1 saturated heterocycles. The summed E-state index contributed by atoms with van der Waals surface area (Å²) in [7, 11) is 0. The van der Waals surface area contributed by atoms with Gasteiger partial charge in [0.2, 0.25) is 5.91 Å². The lowest BCUT2D eigenvalue weighted by Crippen LogP contribution is -2.51. The predicted molar refractivity (Wildman–Crippen MR) is 81.3 cm³/mol. The number of piperazine rings is 1. The molecule has 1 aliphatic heterocycles. The van der Waals surface area contributed by atoms with Crippen LogP contribution in [0.5, 0.6) is 0 Å². The smallest absolute Gasteiger partial charge is 0.229 e. The summed E-state index contributed by atoms with van der Waals surface area (Å²) in [6.45, 7) is 5.21. The molecule has 0 saturated carbocycles. The summed E-state index contributed by atoms with van der Waals surface area (Å²) in [6.07, 6.45) is 0. The Morgan fingerprint density at radius 2 is 1.90 bits per heavy atom. The van der Waals surface area contributed by atoms with Crippen molar-refractivity contribution >= 4 is 11.7 Å². The van der Waals surface area contributed by atoms with E-state index in [1.54, 1.807) is 0 Å². The number of hydrogen-bond acceptors (Lipinski definition) is 4. The molecule has 1 atom stereocenters. The quantitative estimate of drug-likeness (QED) is 0.370. The molecule has 0 bridgehead atoms. The summed E-state index contributed by atoms with van der Waals surface area (Å²) < 4.78 is 0. The minimum atomic E-state index is -0.123. The summed E-state index contributed by atoms with van der Waals surface area (Å²) in [6, 6.07) is 9.82. The van der Waals surface area contributed by atoms with Crippen LogP contribution in [0.1, 0.15) is 18.4 Å². The van der Waals surface area contributed by atoms with Crippen LogP contribution >= 0.6 is 0 Å². The maximum atomic E-state index is 12.5. The maximum Gasteiger partial charge on any atom is 0.229 e. The number of amidine groups is 1. The number of carbonyl (C=O) groups is 1. The first-order valence-corrected chi connectivity index (χ1v) is 7.14. The number of nitrogens with two attached hydrogens (primary N) is 1. The van der Waals surface area contributed by atoms with Crippen molar-refractivity contribution in [2.75, 3.05) is 32.7 Å². The molecule has 6 heteroatoms. The Morgan fingerprint density at radius 3 is 2.48 bits per heavy atom. The van der Waals surface area contributed by atoms with Gasteiger partial charge in [0.25, 0.3) is 0 Å². The monoisotopic (exact) mass is 290 g/mol. The summed E-state index contributed by atoms with van der Waals surface area (Å²) in [5.74, 6) is 0.235. The van der Waals surface area contributed by atoms with Gasteiger partial charge >= 0.3 is 0 Å². The summed E-state index contributed by atoms with van der Waals surface area (Å²) in [5.41, 5.74) is 6.54. The van der Waals surface area contributed by atoms with E-state index in [-0.39, 0.29) is 17.7 Å². The van der Waals surface area contributed by atoms with Crippen molar-refractivity contribution in [2.24, 2.45) is 10.9 Å². The molecule has 1 aromatic carbocycles. The highest BCUT2D eigenvalue weighted by molar-refractivity contribution is 5.83.